The molecule has 4 aromatic rings. The summed E-state index contributed by atoms with van der Waals surface area (Å²) in [7, 11) is -1.55. The SMILES string of the molecule is C=S(N)(=O)c1ccc(COc2cccc(C3SC(c4ccc(F)cc4)=NN3C(=O)c3c(F)cccc3C(F)(F)F)c2OC)cc1. The topological polar surface area (TPSA) is 94.2 Å². The maximum Gasteiger partial charge on any atom is 0.417 e. The lowest BCUT2D eigenvalue weighted by molar-refractivity contribution is -0.138. The van der Waals surface area contributed by atoms with Gasteiger partial charge in [0.1, 0.15) is 28.7 Å². The second kappa shape index (κ2) is 12.5. The first-order valence-corrected chi connectivity index (χ1v) is 15.7. The Bertz CT molecular complexity index is 1880. The van der Waals surface area contributed by atoms with E-state index < -0.39 is 49.9 Å². The maximum atomic E-state index is 14.9. The fourth-order valence-corrected chi connectivity index (χ4v) is 6.29. The summed E-state index contributed by atoms with van der Waals surface area (Å²) in [4.78, 5) is 14.1. The third-order valence-electron chi connectivity index (χ3n) is 6.67. The number of ether oxygens (including phenoxy) is 2. The van der Waals surface area contributed by atoms with E-state index in [1.54, 1.807) is 42.5 Å². The summed E-state index contributed by atoms with van der Waals surface area (Å²) in [6.07, 6.45) is -5.03. The van der Waals surface area contributed by atoms with Crippen LogP contribution in [-0.2, 0) is 22.5 Å². The number of carbonyl (C=O) groups is 1. The van der Waals surface area contributed by atoms with Crippen LogP contribution in [0.25, 0.3) is 0 Å². The van der Waals surface area contributed by atoms with Crippen molar-refractivity contribution in [1.82, 2.24) is 5.01 Å². The molecule has 0 fully saturated rings. The molecule has 2 atom stereocenters. The van der Waals surface area contributed by atoms with Gasteiger partial charge in [-0.2, -0.15) is 18.3 Å². The van der Waals surface area contributed by atoms with Crippen LogP contribution >= 0.6 is 11.8 Å². The van der Waals surface area contributed by atoms with Crippen LogP contribution in [0.1, 0.15) is 38.0 Å². The van der Waals surface area contributed by atoms with Crippen LogP contribution in [0.2, 0.25) is 0 Å². The molecule has 0 aliphatic carbocycles. The zero-order chi connectivity index (χ0) is 32.5. The molecule has 45 heavy (non-hydrogen) atoms. The van der Waals surface area contributed by atoms with Crippen LogP contribution < -0.4 is 14.6 Å². The number of rotatable bonds is 8. The highest BCUT2D eigenvalue weighted by Crippen LogP contribution is 2.48. The van der Waals surface area contributed by atoms with Crippen molar-refractivity contribution in [2.45, 2.75) is 23.1 Å². The molecule has 1 amide bonds. The van der Waals surface area contributed by atoms with E-state index in [0.29, 0.717) is 22.1 Å². The van der Waals surface area contributed by atoms with Crippen LogP contribution in [0.15, 0.2) is 94.9 Å². The molecule has 234 valence electrons. The molecule has 1 aliphatic rings. The number of hydrogen-bond donors (Lipinski definition) is 1. The van der Waals surface area contributed by atoms with Crippen LogP contribution in [0.5, 0.6) is 11.5 Å². The van der Waals surface area contributed by atoms with Gasteiger partial charge in [-0.1, -0.05) is 42.1 Å². The standard InChI is InChI=1S/C31H24F5N3O4S2/c1-42-27-22(5-3-8-25(27)43-17-18-9-15-21(16-10-18)45(2,37)41)30-39(38-28(44-30)19-11-13-20(32)14-12-19)29(40)26-23(31(34,35)36)6-4-7-24(26)33/h3-16,30H,2,17H2,1H3,(H2,37,41). The largest absolute Gasteiger partial charge is 0.492 e. The lowest BCUT2D eigenvalue weighted by atomic mass is 10.0. The van der Waals surface area contributed by atoms with Crippen LogP contribution in [0, 0.1) is 11.6 Å². The number of halogens is 5. The van der Waals surface area contributed by atoms with Crippen LogP contribution in [0.3, 0.4) is 0 Å². The normalized spacial score (nSPS) is 16.2. The number of benzene rings is 4. The summed E-state index contributed by atoms with van der Waals surface area (Å²) in [6, 6.07) is 18.6. The van der Waals surface area contributed by atoms with Crippen molar-refractivity contribution in [2.24, 2.45) is 10.2 Å². The van der Waals surface area contributed by atoms with Gasteiger partial charge >= 0.3 is 6.18 Å². The molecule has 4 aromatic carbocycles. The van der Waals surface area contributed by atoms with Gasteiger partial charge in [0.25, 0.3) is 5.91 Å². The summed E-state index contributed by atoms with van der Waals surface area (Å²) in [5.74, 6) is 0.574. The molecule has 1 aliphatic heterocycles. The van der Waals surface area contributed by atoms with E-state index in [1.165, 1.54) is 31.4 Å². The van der Waals surface area contributed by atoms with Crippen LogP contribution in [0.4, 0.5) is 22.0 Å². The number of hydrogen-bond acceptors (Lipinski definition) is 6. The lowest BCUT2D eigenvalue weighted by Crippen LogP contribution is -2.29. The van der Waals surface area contributed by atoms with Crippen molar-refractivity contribution in [3.63, 3.8) is 0 Å². The third-order valence-corrected chi connectivity index (χ3v) is 8.96. The van der Waals surface area contributed by atoms with Gasteiger partial charge in [0.05, 0.1) is 27.9 Å². The number of thioether (sulfide) groups is 1. The van der Waals surface area contributed by atoms with E-state index >= 15 is 0 Å². The van der Waals surface area contributed by atoms with E-state index in [2.05, 4.69) is 11.0 Å². The van der Waals surface area contributed by atoms with Crippen molar-refractivity contribution in [2.75, 3.05) is 7.11 Å². The summed E-state index contributed by atoms with van der Waals surface area (Å²) in [5.41, 5.74) is -1.30. The molecule has 0 aromatic heterocycles. The number of alkyl halides is 3. The first kappa shape index (κ1) is 32.0. The smallest absolute Gasteiger partial charge is 0.417 e. The predicted octanol–water partition coefficient (Wildman–Crippen LogP) is 6.77. The summed E-state index contributed by atoms with van der Waals surface area (Å²) >= 11 is 0.978. The van der Waals surface area contributed by atoms with E-state index in [4.69, 9.17) is 14.6 Å². The average Bonchev–Trinajstić information content (AvgIpc) is 3.44. The fraction of sp³-hybridized carbons (Fsp3) is 0.129. The van der Waals surface area contributed by atoms with Gasteiger partial charge in [0.2, 0.25) is 0 Å². The quantitative estimate of drug-likeness (QED) is 0.166. The van der Waals surface area contributed by atoms with Gasteiger partial charge in [-0.15, -0.1) is 0 Å². The number of amides is 1. The van der Waals surface area contributed by atoms with Crippen molar-refractivity contribution in [3.8, 4) is 11.5 Å². The molecule has 0 radical (unpaired) electrons. The van der Waals surface area contributed by atoms with E-state index in [9.17, 15) is 31.0 Å². The molecule has 2 unspecified atom stereocenters. The van der Waals surface area contributed by atoms with E-state index in [-0.39, 0.29) is 28.7 Å². The minimum absolute atomic E-state index is 0.0327. The predicted molar refractivity (Wildman–Crippen MR) is 162 cm³/mol. The van der Waals surface area contributed by atoms with Crippen molar-refractivity contribution in [3.05, 3.63) is 124 Å². The molecular weight excluding hydrogens is 637 g/mol. The molecule has 0 saturated carbocycles. The summed E-state index contributed by atoms with van der Waals surface area (Å²) < 4.78 is 93.8. The number of nitrogens with two attached hydrogens (primary N) is 1. The molecule has 5 rings (SSSR count). The van der Waals surface area contributed by atoms with Gasteiger partial charge in [0, 0.05) is 16.0 Å². The molecule has 14 heteroatoms. The highest BCUT2D eigenvalue weighted by atomic mass is 32.2. The first-order valence-electron chi connectivity index (χ1n) is 13.0. The average molecular weight is 662 g/mol. The minimum Gasteiger partial charge on any atom is -0.492 e. The number of methoxy groups -OCH3 is 1. The Balaban J connectivity index is 1.54. The molecule has 0 bridgehead atoms. The Morgan fingerprint density at radius 3 is 2.31 bits per heavy atom. The van der Waals surface area contributed by atoms with Crippen molar-refractivity contribution in [1.29, 1.82) is 0 Å². The minimum atomic E-state index is -5.03. The van der Waals surface area contributed by atoms with E-state index in [0.717, 1.165) is 28.9 Å². The zero-order valence-corrected chi connectivity index (χ0v) is 25.0. The van der Waals surface area contributed by atoms with Gasteiger partial charge in [-0.3, -0.25) is 9.93 Å². The Morgan fingerprint density at radius 1 is 1.02 bits per heavy atom. The number of carbonyl (C=O) groups excluding carboxylic acids is 1. The Morgan fingerprint density at radius 2 is 1.69 bits per heavy atom. The monoisotopic (exact) mass is 661 g/mol. The summed E-state index contributed by atoms with van der Waals surface area (Å²) in [5, 5.41) is 9.66. The Labute approximate surface area is 259 Å². The molecule has 0 saturated heterocycles. The molecule has 2 N–H and O–H groups in total. The lowest BCUT2D eigenvalue weighted by Gasteiger charge is -2.25. The van der Waals surface area contributed by atoms with Gasteiger partial charge in [-0.25, -0.2) is 18.0 Å². The summed E-state index contributed by atoms with van der Waals surface area (Å²) in [6.45, 7) is 0.0327. The fourth-order valence-electron chi connectivity index (χ4n) is 4.52. The maximum absolute atomic E-state index is 14.9. The Kier molecular flexibility index (Phi) is 8.92. The van der Waals surface area contributed by atoms with Crippen molar-refractivity contribution < 1.29 is 40.4 Å². The number of hydrazone groups is 1. The van der Waals surface area contributed by atoms with Gasteiger partial charge in [-0.05, 0) is 66.0 Å². The Hall–Kier alpha value is -4.40. The van der Waals surface area contributed by atoms with Crippen LogP contribution in [-0.4, -0.2) is 33.1 Å². The highest BCUT2D eigenvalue weighted by Gasteiger charge is 2.42. The first-order chi connectivity index (χ1) is 21.3. The van der Waals surface area contributed by atoms with Gasteiger partial charge in [0.15, 0.2) is 11.5 Å². The van der Waals surface area contributed by atoms with Crippen molar-refractivity contribution >= 4 is 38.3 Å². The highest BCUT2D eigenvalue weighted by molar-refractivity contribution is 8.14. The molecule has 0 spiro atoms. The second-order valence-electron chi connectivity index (χ2n) is 9.73. The zero-order valence-electron chi connectivity index (χ0n) is 23.4. The number of para-hydroxylation sites is 1. The van der Waals surface area contributed by atoms with Gasteiger partial charge < -0.3 is 9.47 Å². The molecule has 7 nitrogen and oxygen atoms in total. The second-order valence-corrected chi connectivity index (χ2v) is 12.7. The third kappa shape index (κ3) is 6.82. The van der Waals surface area contributed by atoms with E-state index in [1.807, 2.05) is 0 Å². The molecule has 1 heterocycles. The molecular formula is C31H24F5N3O4S2. The number of nitrogens with zero attached hydrogens (tertiary/aromatic N) is 2.